The summed E-state index contributed by atoms with van der Waals surface area (Å²) in [5.74, 6) is 3.09. The summed E-state index contributed by atoms with van der Waals surface area (Å²) in [5, 5.41) is 4.33. The van der Waals surface area contributed by atoms with E-state index in [0.29, 0.717) is 5.92 Å². The zero-order chi connectivity index (χ0) is 16.3. The number of hydrogen-bond acceptors (Lipinski definition) is 3. The van der Waals surface area contributed by atoms with Crippen LogP contribution < -0.4 is 0 Å². The average molecular weight is 303 g/mol. The number of nitrogens with zero attached hydrogens (tertiary/aromatic N) is 3. The highest BCUT2D eigenvalue weighted by molar-refractivity contribution is 5.68. The molecular weight excluding hydrogens is 278 g/mol. The van der Waals surface area contributed by atoms with Crippen LogP contribution in [-0.4, -0.2) is 39.5 Å². The Kier molecular flexibility index (Phi) is 4.80. The maximum Gasteiger partial charge on any atom is 0.410 e. The Hall–Kier alpha value is -1.96. The van der Waals surface area contributed by atoms with Crippen LogP contribution in [-0.2, 0) is 4.74 Å². The lowest BCUT2D eigenvalue weighted by Gasteiger charge is -2.35. The minimum absolute atomic E-state index is 0.215. The summed E-state index contributed by atoms with van der Waals surface area (Å²) in [6.45, 7) is 9.28. The molecule has 22 heavy (non-hydrogen) atoms. The van der Waals surface area contributed by atoms with E-state index in [9.17, 15) is 4.79 Å². The van der Waals surface area contributed by atoms with E-state index >= 15 is 0 Å². The lowest BCUT2D eigenvalue weighted by molar-refractivity contribution is 0.0163. The van der Waals surface area contributed by atoms with Crippen LogP contribution in [0.4, 0.5) is 4.79 Å². The first kappa shape index (κ1) is 16.4. The molecule has 5 heteroatoms. The van der Waals surface area contributed by atoms with Crippen LogP contribution in [0, 0.1) is 18.3 Å². The summed E-state index contributed by atoms with van der Waals surface area (Å²) in [7, 11) is 0. The zero-order valence-corrected chi connectivity index (χ0v) is 13.9. The van der Waals surface area contributed by atoms with E-state index in [0.717, 1.165) is 31.5 Å². The predicted molar refractivity (Wildman–Crippen MR) is 85.4 cm³/mol. The molecule has 1 aliphatic heterocycles. The molecule has 5 nitrogen and oxygen atoms in total. The molecule has 1 saturated heterocycles. The zero-order valence-electron chi connectivity index (χ0n) is 13.9. The van der Waals surface area contributed by atoms with Crippen molar-refractivity contribution in [1.82, 2.24) is 14.7 Å². The number of ether oxygens (including phenoxy) is 1. The predicted octanol–water partition coefficient (Wildman–Crippen LogP) is 3.07. The highest BCUT2D eigenvalue weighted by Gasteiger charge is 2.29. The number of rotatable bonds is 2. The third-order valence-corrected chi connectivity index (χ3v) is 4.06. The Bertz CT molecular complexity index is 557. The van der Waals surface area contributed by atoms with Crippen molar-refractivity contribution in [3.63, 3.8) is 0 Å². The maximum atomic E-state index is 12.1. The van der Waals surface area contributed by atoms with Gasteiger partial charge in [-0.15, -0.1) is 6.42 Å². The number of piperidine rings is 1. The van der Waals surface area contributed by atoms with E-state index in [-0.39, 0.29) is 12.1 Å². The van der Waals surface area contributed by atoms with Crippen LogP contribution in [0.1, 0.15) is 52.1 Å². The Morgan fingerprint density at radius 2 is 2.09 bits per heavy atom. The standard InChI is InChI=1S/C17H25N3O2/c1-6-14-11-18-20(12-14)13(2)15-7-9-19(10-8-15)16(21)22-17(3,4)5/h1,11-13,15H,7-10H2,2-5H3. The van der Waals surface area contributed by atoms with Gasteiger partial charge in [0, 0.05) is 19.3 Å². The van der Waals surface area contributed by atoms with Gasteiger partial charge in [-0.2, -0.15) is 5.10 Å². The molecule has 2 rings (SSSR count). The van der Waals surface area contributed by atoms with Gasteiger partial charge in [-0.3, -0.25) is 4.68 Å². The van der Waals surface area contributed by atoms with Crippen molar-refractivity contribution in [2.24, 2.45) is 5.92 Å². The van der Waals surface area contributed by atoms with Gasteiger partial charge >= 0.3 is 6.09 Å². The van der Waals surface area contributed by atoms with E-state index in [1.54, 1.807) is 11.1 Å². The second-order valence-electron chi connectivity index (χ2n) is 6.90. The fraction of sp³-hybridized carbons (Fsp3) is 0.647. The van der Waals surface area contributed by atoms with Gasteiger partial charge in [0.2, 0.25) is 0 Å². The highest BCUT2D eigenvalue weighted by atomic mass is 16.6. The van der Waals surface area contributed by atoms with Gasteiger partial charge in [-0.1, -0.05) is 5.92 Å². The molecule has 2 heterocycles. The molecule has 0 bridgehead atoms. The average Bonchev–Trinajstić information content (AvgIpc) is 2.94. The third kappa shape index (κ3) is 4.03. The van der Waals surface area contributed by atoms with Crippen molar-refractivity contribution in [3.05, 3.63) is 18.0 Å². The molecule has 1 aliphatic rings. The molecule has 120 valence electrons. The first-order valence-corrected chi connectivity index (χ1v) is 7.79. The van der Waals surface area contributed by atoms with Crippen LogP contribution >= 0.6 is 0 Å². The van der Waals surface area contributed by atoms with Gasteiger partial charge in [0.05, 0.1) is 17.8 Å². The van der Waals surface area contributed by atoms with E-state index in [1.165, 1.54) is 0 Å². The molecule has 1 atom stereocenters. The maximum absolute atomic E-state index is 12.1. The minimum atomic E-state index is -0.443. The van der Waals surface area contributed by atoms with Gasteiger partial charge in [-0.25, -0.2) is 4.79 Å². The van der Waals surface area contributed by atoms with Crippen molar-refractivity contribution in [2.75, 3.05) is 13.1 Å². The van der Waals surface area contributed by atoms with Gasteiger partial charge < -0.3 is 9.64 Å². The lowest BCUT2D eigenvalue weighted by Crippen LogP contribution is -2.42. The molecule has 0 aromatic carbocycles. The number of carbonyl (C=O) groups is 1. The van der Waals surface area contributed by atoms with Crippen molar-refractivity contribution in [2.45, 2.75) is 52.2 Å². The number of aromatic nitrogens is 2. The molecule has 0 N–H and O–H groups in total. The second kappa shape index (κ2) is 6.43. The SMILES string of the molecule is C#Cc1cnn(C(C)C2CCN(C(=O)OC(C)(C)C)CC2)c1. The molecule has 1 aromatic heterocycles. The molecule has 0 spiro atoms. The Labute approximate surface area is 132 Å². The van der Waals surface area contributed by atoms with Crippen molar-refractivity contribution in [3.8, 4) is 12.3 Å². The largest absolute Gasteiger partial charge is 0.444 e. The van der Waals surface area contributed by atoms with E-state index in [4.69, 9.17) is 11.2 Å². The Balaban J connectivity index is 1.89. The van der Waals surface area contributed by atoms with E-state index in [2.05, 4.69) is 17.9 Å². The smallest absolute Gasteiger partial charge is 0.410 e. The topological polar surface area (TPSA) is 47.4 Å². The van der Waals surface area contributed by atoms with Crippen LogP contribution in [0.25, 0.3) is 0 Å². The number of likely N-dealkylation sites (tertiary alicyclic amines) is 1. The van der Waals surface area contributed by atoms with Crippen molar-refractivity contribution < 1.29 is 9.53 Å². The molecule has 0 radical (unpaired) electrons. The number of carbonyl (C=O) groups excluding carboxylic acids is 1. The fourth-order valence-electron chi connectivity index (χ4n) is 2.74. The molecular formula is C17H25N3O2. The molecule has 1 fully saturated rings. The molecule has 0 aliphatic carbocycles. The van der Waals surface area contributed by atoms with Crippen LogP contribution in [0.3, 0.4) is 0 Å². The highest BCUT2D eigenvalue weighted by Crippen LogP contribution is 2.28. The summed E-state index contributed by atoms with van der Waals surface area (Å²) in [6, 6.07) is 0.280. The van der Waals surface area contributed by atoms with Crippen LogP contribution in [0.2, 0.25) is 0 Å². The second-order valence-corrected chi connectivity index (χ2v) is 6.90. The summed E-state index contributed by atoms with van der Waals surface area (Å²) >= 11 is 0. The van der Waals surface area contributed by atoms with Gasteiger partial charge in [0.15, 0.2) is 0 Å². The minimum Gasteiger partial charge on any atom is -0.444 e. The summed E-state index contributed by atoms with van der Waals surface area (Å²) < 4.78 is 7.36. The quantitative estimate of drug-likeness (QED) is 0.789. The fourth-order valence-corrected chi connectivity index (χ4v) is 2.74. The lowest BCUT2D eigenvalue weighted by atomic mass is 9.90. The van der Waals surface area contributed by atoms with Crippen molar-refractivity contribution in [1.29, 1.82) is 0 Å². The molecule has 1 aromatic rings. The van der Waals surface area contributed by atoms with Crippen LogP contribution in [0.15, 0.2) is 12.4 Å². The summed E-state index contributed by atoms with van der Waals surface area (Å²) in [5.41, 5.74) is 0.361. The van der Waals surface area contributed by atoms with Crippen molar-refractivity contribution >= 4 is 6.09 Å². The third-order valence-electron chi connectivity index (χ3n) is 4.06. The van der Waals surface area contributed by atoms with Gasteiger partial charge in [0.1, 0.15) is 5.60 Å². The Morgan fingerprint density at radius 1 is 1.45 bits per heavy atom. The molecule has 1 amide bonds. The molecule has 1 unspecified atom stereocenters. The first-order valence-electron chi connectivity index (χ1n) is 7.79. The monoisotopic (exact) mass is 303 g/mol. The molecule has 0 saturated carbocycles. The number of hydrogen-bond donors (Lipinski definition) is 0. The number of amides is 1. The van der Waals surface area contributed by atoms with Gasteiger partial charge in [-0.05, 0) is 46.5 Å². The first-order chi connectivity index (χ1) is 10.3. The summed E-state index contributed by atoms with van der Waals surface area (Å²) in [4.78, 5) is 13.9. The van der Waals surface area contributed by atoms with E-state index < -0.39 is 5.60 Å². The normalized spacial score (nSPS) is 17.9. The van der Waals surface area contributed by atoms with Crippen LogP contribution in [0.5, 0.6) is 0 Å². The summed E-state index contributed by atoms with van der Waals surface area (Å²) in [6.07, 6.45) is 10.7. The Morgan fingerprint density at radius 3 is 2.59 bits per heavy atom. The van der Waals surface area contributed by atoms with Gasteiger partial charge in [0.25, 0.3) is 0 Å². The van der Waals surface area contributed by atoms with E-state index in [1.807, 2.05) is 31.6 Å². The number of terminal acetylenes is 1.